The van der Waals surface area contributed by atoms with Crippen LogP contribution < -0.4 is 4.74 Å². The largest absolute Gasteiger partial charge is 0.467 e. The molecule has 0 saturated heterocycles. The molecule has 59 valence electrons. The minimum atomic E-state index is -0.338. The van der Waals surface area contributed by atoms with E-state index >= 15 is 0 Å². The van der Waals surface area contributed by atoms with E-state index < -0.39 is 0 Å². The summed E-state index contributed by atoms with van der Waals surface area (Å²) in [7, 11) is 1.50. The van der Waals surface area contributed by atoms with Crippen LogP contribution in [0.3, 0.4) is 0 Å². The van der Waals surface area contributed by atoms with Crippen molar-refractivity contribution in [2.45, 2.75) is 0 Å². The van der Waals surface area contributed by atoms with Crippen molar-refractivity contribution in [1.29, 1.82) is 0 Å². The Morgan fingerprint density at radius 3 is 3.09 bits per heavy atom. The highest BCUT2D eigenvalue weighted by Gasteiger charge is 1.94. The summed E-state index contributed by atoms with van der Waals surface area (Å²) in [4.78, 5) is 0. The molecular formula is C8H8FO2. The molecule has 0 spiro atoms. The Hall–Kier alpha value is -1.09. The fourth-order valence-electron chi connectivity index (χ4n) is 0.624. The van der Waals surface area contributed by atoms with E-state index in [1.807, 2.05) is 0 Å². The van der Waals surface area contributed by atoms with Gasteiger partial charge >= 0.3 is 0 Å². The molecule has 0 aliphatic carbocycles. The molecule has 0 N–H and O–H groups in total. The predicted octanol–water partition coefficient (Wildman–Crippen LogP) is 1.61. The lowest BCUT2D eigenvalue weighted by atomic mass is 10.3. The summed E-state index contributed by atoms with van der Waals surface area (Å²) in [5.41, 5.74) is 0. The third kappa shape index (κ3) is 2.55. The Balaban J connectivity index is 2.56. The van der Waals surface area contributed by atoms with Gasteiger partial charge in [0.1, 0.15) is 11.6 Å². The van der Waals surface area contributed by atoms with E-state index in [9.17, 15) is 4.39 Å². The molecule has 1 rings (SSSR count). The Bertz CT molecular complexity index is 225. The molecule has 0 aliphatic rings. The number of ether oxygens (including phenoxy) is 2. The molecule has 11 heavy (non-hydrogen) atoms. The van der Waals surface area contributed by atoms with Gasteiger partial charge in [0.15, 0.2) is 6.79 Å². The van der Waals surface area contributed by atoms with Gasteiger partial charge in [0, 0.05) is 19.2 Å². The Morgan fingerprint density at radius 1 is 1.64 bits per heavy atom. The summed E-state index contributed by atoms with van der Waals surface area (Å²) in [5.74, 6) is 0.0155. The summed E-state index contributed by atoms with van der Waals surface area (Å²) < 4.78 is 22.0. The molecule has 0 atom stereocenters. The van der Waals surface area contributed by atoms with Gasteiger partial charge in [-0.15, -0.1) is 0 Å². The van der Waals surface area contributed by atoms with Crippen LogP contribution in [0.25, 0.3) is 0 Å². The molecule has 0 aromatic heterocycles. The molecule has 3 heteroatoms. The zero-order valence-corrected chi connectivity index (χ0v) is 6.13. The molecule has 2 nitrogen and oxygen atoms in total. The van der Waals surface area contributed by atoms with Crippen molar-refractivity contribution in [3.8, 4) is 5.75 Å². The monoisotopic (exact) mass is 155 g/mol. The van der Waals surface area contributed by atoms with Crippen LogP contribution in [0, 0.1) is 11.9 Å². The van der Waals surface area contributed by atoms with Gasteiger partial charge in [-0.1, -0.05) is 0 Å². The van der Waals surface area contributed by atoms with Gasteiger partial charge in [0.25, 0.3) is 0 Å². The first-order chi connectivity index (χ1) is 5.33. The van der Waals surface area contributed by atoms with Gasteiger partial charge in [0.2, 0.25) is 0 Å². The maximum absolute atomic E-state index is 12.5. The standard InChI is InChI=1S/C8H8FO2/c1-10-6-11-8-4-2-3-7(9)5-8/h2-3,5H,6H2,1H3. The maximum Gasteiger partial charge on any atom is 0.188 e. The molecule has 0 heterocycles. The second-order valence-corrected chi connectivity index (χ2v) is 1.92. The van der Waals surface area contributed by atoms with Crippen LogP contribution in [0.2, 0.25) is 0 Å². The summed E-state index contributed by atoms with van der Waals surface area (Å²) in [6, 6.07) is 6.71. The maximum atomic E-state index is 12.5. The topological polar surface area (TPSA) is 18.5 Å². The van der Waals surface area contributed by atoms with Gasteiger partial charge < -0.3 is 9.47 Å². The fraction of sp³-hybridized carbons (Fsp3) is 0.250. The van der Waals surface area contributed by atoms with Crippen LogP contribution in [-0.2, 0) is 4.74 Å². The highest BCUT2D eigenvalue weighted by Crippen LogP contribution is 2.10. The van der Waals surface area contributed by atoms with Crippen molar-refractivity contribution in [2.24, 2.45) is 0 Å². The Kier molecular flexibility index (Phi) is 2.86. The number of hydrogen-bond donors (Lipinski definition) is 0. The molecule has 1 aromatic rings. The van der Waals surface area contributed by atoms with Crippen molar-refractivity contribution in [2.75, 3.05) is 13.9 Å². The second kappa shape index (κ2) is 3.93. The zero-order valence-electron chi connectivity index (χ0n) is 6.13. The molecule has 0 aliphatic heterocycles. The van der Waals surface area contributed by atoms with Crippen molar-refractivity contribution in [3.63, 3.8) is 0 Å². The lowest BCUT2D eigenvalue weighted by Crippen LogP contribution is -1.98. The van der Waals surface area contributed by atoms with Crippen LogP contribution in [-0.4, -0.2) is 13.9 Å². The lowest BCUT2D eigenvalue weighted by Gasteiger charge is -2.02. The molecule has 0 bridgehead atoms. The van der Waals surface area contributed by atoms with E-state index in [1.54, 1.807) is 0 Å². The smallest absolute Gasteiger partial charge is 0.188 e. The van der Waals surface area contributed by atoms with Crippen LogP contribution in [0.1, 0.15) is 0 Å². The highest BCUT2D eigenvalue weighted by molar-refractivity contribution is 5.20. The van der Waals surface area contributed by atoms with Crippen molar-refractivity contribution in [3.05, 3.63) is 30.1 Å². The second-order valence-electron chi connectivity index (χ2n) is 1.92. The zero-order chi connectivity index (χ0) is 8.10. The molecule has 0 unspecified atom stereocenters. The number of rotatable bonds is 3. The molecule has 0 amide bonds. The average Bonchev–Trinajstić information content (AvgIpc) is 2.01. The summed E-state index contributed by atoms with van der Waals surface area (Å²) >= 11 is 0. The Morgan fingerprint density at radius 2 is 2.45 bits per heavy atom. The van der Waals surface area contributed by atoms with Gasteiger partial charge in [-0.3, -0.25) is 0 Å². The minimum absolute atomic E-state index is 0.111. The summed E-state index contributed by atoms with van der Waals surface area (Å²) in [6.07, 6.45) is 0. The normalized spacial score (nSPS) is 9.64. The number of methoxy groups -OCH3 is 1. The average molecular weight is 155 g/mol. The molecule has 0 saturated carbocycles. The van der Waals surface area contributed by atoms with Gasteiger partial charge in [-0.2, -0.15) is 0 Å². The van der Waals surface area contributed by atoms with Crippen molar-refractivity contribution < 1.29 is 13.9 Å². The van der Waals surface area contributed by atoms with Crippen molar-refractivity contribution in [1.82, 2.24) is 0 Å². The van der Waals surface area contributed by atoms with E-state index in [-0.39, 0.29) is 12.6 Å². The molecule has 1 radical (unpaired) electrons. The quantitative estimate of drug-likeness (QED) is 0.617. The molecule has 0 fully saturated rings. The third-order valence-electron chi connectivity index (χ3n) is 1.07. The van der Waals surface area contributed by atoms with Gasteiger partial charge in [0.05, 0.1) is 0 Å². The van der Waals surface area contributed by atoms with Crippen LogP contribution in [0.15, 0.2) is 18.2 Å². The van der Waals surface area contributed by atoms with Gasteiger partial charge in [-0.25, -0.2) is 4.39 Å². The summed E-state index contributed by atoms with van der Waals surface area (Å²) in [5, 5.41) is 0. The first-order valence-electron chi connectivity index (χ1n) is 3.12. The number of benzene rings is 1. The SMILES string of the molecule is COCOc1[c]ccc(F)c1. The van der Waals surface area contributed by atoms with Crippen LogP contribution in [0.4, 0.5) is 4.39 Å². The molecule has 1 aromatic carbocycles. The van der Waals surface area contributed by atoms with E-state index in [0.717, 1.165) is 0 Å². The number of hydrogen-bond acceptors (Lipinski definition) is 2. The van der Waals surface area contributed by atoms with Crippen LogP contribution in [0.5, 0.6) is 5.75 Å². The van der Waals surface area contributed by atoms with Crippen LogP contribution >= 0.6 is 0 Å². The van der Waals surface area contributed by atoms with E-state index in [1.165, 1.54) is 25.3 Å². The Labute approximate surface area is 64.6 Å². The van der Waals surface area contributed by atoms with E-state index in [4.69, 9.17) is 4.74 Å². The van der Waals surface area contributed by atoms with E-state index in [0.29, 0.717) is 5.75 Å². The van der Waals surface area contributed by atoms with E-state index in [2.05, 4.69) is 10.8 Å². The lowest BCUT2D eigenvalue weighted by molar-refractivity contribution is 0.0507. The van der Waals surface area contributed by atoms with Crippen molar-refractivity contribution >= 4 is 0 Å². The number of halogens is 1. The first-order valence-corrected chi connectivity index (χ1v) is 3.12. The first kappa shape index (κ1) is 8.01. The molecular weight excluding hydrogens is 147 g/mol. The third-order valence-corrected chi connectivity index (χ3v) is 1.07. The van der Waals surface area contributed by atoms with Gasteiger partial charge in [-0.05, 0) is 12.1 Å². The predicted molar refractivity (Wildman–Crippen MR) is 37.7 cm³/mol. The fourth-order valence-corrected chi connectivity index (χ4v) is 0.624. The summed E-state index contributed by atoms with van der Waals surface area (Å²) in [6.45, 7) is 0.111. The minimum Gasteiger partial charge on any atom is -0.467 e. The highest BCUT2D eigenvalue weighted by atomic mass is 19.1.